The number of rotatable bonds is 10. The fourth-order valence-corrected chi connectivity index (χ4v) is 4.22. The lowest BCUT2D eigenvalue weighted by Gasteiger charge is -2.24. The van der Waals surface area contributed by atoms with Crippen molar-refractivity contribution >= 4 is 18.0 Å². The predicted molar refractivity (Wildman–Crippen MR) is 126 cm³/mol. The molecule has 0 bridgehead atoms. The Morgan fingerprint density at radius 2 is 1.58 bits per heavy atom. The molecule has 2 aromatic carbocycles. The summed E-state index contributed by atoms with van der Waals surface area (Å²) in [6.07, 6.45) is 0.0106. The molecule has 0 heterocycles. The van der Waals surface area contributed by atoms with Gasteiger partial charge in [0.15, 0.2) is 0 Å². The van der Waals surface area contributed by atoms with Crippen LogP contribution in [-0.2, 0) is 14.3 Å². The van der Waals surface area contributed by atoms with Crippen LogP contribution in [0.3, 0.4) is 0 Å². The third-order valence-electron chi connectivity index (χ3n) is 6.26. The summed E-state index contributed by atoms with van der Waals surface area (Å²) in [6.45, 7) is 5.98. The van der Waals surface area contributed by atoms with Gasteiger partial charge in [0.1, 0.15) is 12.6 Å². The maximum atomic E-state index is 12.7. The van der Waals surface area contributed by atoms with Gasteiger partial charge >= 0.3 is 12.1 Å². The quantitative estimate of drug-likeness (QED) is 0.502. The van der Waals surface area contributed by atoms with Crippen LogP contribution in [0.4, 0.5) is 4.79 Å². The summed E-state index contributed by atoms with van der Waals surface area (Å²) in [6, 6.07) is 15.4. The largest absolute Gasteiger partial charge is 0.481 e. The molecule has 0 fully saturated rings. The van der Waals surface area contributed by atoms with Crippen LogP contribution < -0.4 is 10.6 Å². The minimum absolute atomic E-state index is 0.0336. The van der Waals surface area contributed by atoms with E-state index in [0.717, 1.165) is 22.3 Å². The molecule has 0 saturated carbocycles. The Kier molecular flexibility index (Phi) is 8.09. The van der Waals surface area contributed by atoms with Crippen LogP contribution in [0.1, 0.15) is 50.7 Å². The highest BCUT2D eigenvalue weighted by molar-refractivity contribution is 5.86. The van der Waals surface area contributed by atoms with Gasteiger partial charge < -0.3 is 20.5 Å². The van der Waals surface area contributed by atoms with Gasteiger partial charge in [-0.25, -0.2) is 4.79 Å². The SMILES string of the molecule is CCC(C)[C@H](NC(=O)OCC1c2ccccc2-c2ccccc21)C(=O)NCC(C)CC(=O)O. The molecule has 3 rings (SSSR count). The fraction of sp³-hybridized carbons (Fsp3) is 0.423. The van der Waals surface area contributed by atoms with Gasteiger partial charge in [-0.1, -0.05) is 75.7 Å². The van der Waals surface area contributed by atoms with Crippen LogP contribution in [0, 0.1) is 11.8 Å². The topological polar surface area (TPSA) is 105 Å². The maximum absolute atomic E-state index is 12.7. The number of ether oxygens (including phenoxy) is 1. The fourth-order valence-electron chi connectivity index (χ4n) is 4.22. The summed E-state index contributed by atoms with van der Waals surface area (Å²) in [4.78, 5) is 36.2. The van der Waals surface area contributed by atoms with Crippen molar-refractivity contribution in [2.75, 3.05) is 13.2 Å². The average Bonchev–Trinajstić information content (AvgIpc) is 3.12. The zero-order chi connectivity index (χ0) is 24.0. The summed E-state index contributed by atoms with van der Waals surface area (Å²) in [7, 11) is 0. The molecule has 2 aromatic rings. The second kappa shape index (κ2) is 11.0. The molecule has 0 aromatic heterocycles. The number of carbonyl (C=O) groups excluding carboxylic acids is 2. The van der Waals surface area contributed by atoms with E-state index in [1.807, 2.05) is 38.1 Å². The molecule has 0 spiro atoms. The van der Waals surface area contributed by atoms with Gasteiger partial charge in [-0.3, -0.25) is 9.59 Å². The molecule has 0 aliphatic heterocycles. The first-order valence-corrected chi connectivity index (χ1v) is 11.4. The number of alkyl carbamates (subject to hydrolysis) is 1. The van der Waals surface area contributed by atoms with E-state index in [2.05, 4.69) is 34.9 Å². The Morgan fingerprint density at radius 1 is 1.00 bits per heavy atom. The van der Waals surface area contributed by atoms with Gasteiger partial charge in [0, 0.05) is 18.9 Å². The molecule has 7 nitrogen and oxygen atoms in total. The second-order valence-corrected chi connectivity index (χ2v) is 8.78. The van der Waals surface area contributed by atoms with Gasteiger partial charge in [-0.2, -0.15) is 0 Å². The molecular formula is C26H32N2O5. The smallest absolute Gasteiger partial charge is 0.407 e. The van der Waals surface area contributed by atoms with Crippen molar-refractivity contribution in [3.63, 3.8) is 0 Å². The normalized spacial score (nSPS) is 15.0. The van der Waals surface area contributed by atoms with Crippen LogP contribution in [0.2, 0.25) is 0 Å². The van der Waals surface area contributed by atoms with Crippen LogP contribution >= 0.6 is 0 Å². The van der Waals surface area contributed by atoms with Gasteiger partial charge in [-0.15, -0.1) is 0 Å². The van der Waals surface area contributed by atoms with E-state index in [-0.39, 0.29) is 43.2 Å². The Labute approximate surface area is 194 Å². The monoisotopic (exact) mass is 452 g/mol. The maximum Gasteiger partial charge on any atom is 0.407 e. The lowest BCUT2D eigenvalue weighted by atomic mass is 9.98. The van der Waals surface area contributed by atoms with Crippen molar-refractivity contribution in [3.8, 4) is 11.1 Å². The van der Waals surface area contributed by atoms with Gasteiger partial charge in [0.2, 0.25) is 5.91 Å². The van der Waals surface area contributed by atoms with Crippen molar-refractivity contribution < 1.29 is 24.2 Å². The Hall–Kier alpha value is -3.35. The standard InChI is InChI=1S/C26H32N2O5/c1-4-17(3)24(25(31)27-14-16(2)13-23(29)30)28-26(32)33-15-22-20-11-7-5-9-18(20)19-10-6-8-12-21(19)22/h5-12,16-17,22,24H,4,13-15H2,1-3H3,(H,27,31)(H,28,32)(H,29,30)/t16?,17?,24-/m0/s1. The summed E-state index contributed by atoms with van der Waals surface area (Å²) in [5.41, 5.74) is 4.54. The lowest BCUT2D eigenvalue weighted by Crippen LogP contribution is -2.51. The summed E-state index contributed by atoms with van der Waals surface area (Å²) in [5, 5.41) is 14.4. The highest BCUT2D eigenvalue weighted by atomic mass is 16.5. The molecule has 1 aliphatic rings. The van der Waals surface area contributed by atoms with Crippen molar-refractivity contribution in [1.29, 1.82) is 0 Å². The molecule has 2 unspecified atom stereocenters. The van der Waals surface area contributed by atoms with E-state index >= 15 is 0 Å². The first-order chi connectivity index (χ1) is 15.8. The van der Waals surface area contributed by atoms with Gasteiger partial charge in [-0.05, 0) is 34.1 Å². The molecule has 2 amide bonds. The van der Waals surface area contributed by atoms with E-state index in [9.17, 15) is 14.4 Å². The molecule has 3 N–H and O–H groups in total. The highest BCUT2D eigenvalue weighted by Gasteiger charge is 2.31. The molecule has 1 aliphatic carbocycles. The number of carboxylic acids is 1. The minimum Gasteiger partial charge on any atom is -0.481 e. The van der Waals surface area contributed by atoms with E-state index in [1.54, 1.807) is 6.92 Å². The Balaban J connectivity index is 1.62. The number of fused-ring (bicyclic) bond motifs is 3. The van der Waals surface area contributed by atoms with Crippen molar-refractivity contribution in [1.82, 2.24) is 10.6 Å². The predicted octanol–water partition coefficient (Wildman–Crippen LogP) is 4.17. The van der Waals surface area contributed by atoms with Crippen molar-refractivity contribution in [2.45, 2.75) is 45.6 Å². The third kappa shape index (κ3) is 5.92. The minimum atomic E-state index is -0.910. The highest BCUT2D eigenvalue weighted by Crippen LogP contribution is 2.44. The van der Waals surface area contributed by atoms with E-state index in [4.69, 9.17) is 9.84 Å². The molecule has 7 heteroatoms. The number of amides is 2. The Bertz CT molecular complexity index is 960. The number of hydrogen-bond donors (Lipinski definition) is 3. The molecule has 3 atom stereocenters. The van der Waals surface area contributed by atoms with E-state index in [0.29, 0.717) is 6.42 Å². The number of benzene rings is 2. The van der Waals surface area contributed by atoms with Crippen molar-refractivity contribution in [2.24, 2.45) is 11.8 Å². The summed E-state index contributed by atoms with van der Waals surface area (Å²) < 4.78 is 5.59. The van der Waals surface area contributed by atoms with Crippen LogP contribution in [0.25, 0.3) is 11.1 Å². The molecule has 0 saturated heterocycles. The first-order valence-electron chi connectivity index (χ1n) is 11.4. The molecule has 33 heavy (non-hydrogen) atoms. The molecule has 176 valence electrons. The Morgan fingerprint density at radius 3 is 2.12 bits per heavy atom. The number of carboxylic acid groups (broad SMARTS) is 1. The average molecular weight is 453 g/mol. The van der Waals surface area contributed by atoms with Gasteiger partial charge in [0.25, 0.3) is 0 Å². The number of nitrogens with one attached hydrogen (secondary N) is 2. The zero-order valence-electron chi connectivity index (χ0n) is 19.3. The molecule has 0 radical (unpaired) electrons. The van der Waals surface area contributed by atoms with Crippen molar-refractivity contribution in [3.05, 3.63) is 59.7 Å². The van der Waals surface area contributed by atoms with Gasteiger partial charge in [0.05, 0.1) is 0 Å². The lowest BCUT2D eigenvalue weighted by molar-refractivity contribution is -0.138. The second-order valence-electron chi connectivity index (χ2n) is 8.78. The summed E-state index contributed by atoms with van der Waals surface area (Å²) >= 11 is 0. The number of aliphatic carboxylic acids is 1. The van der Waals surface area contributed by atoms with E-state index < -0.39 is 18.1 Å². The van der Waals surface area contributed by atoms with Crippen LogP contribution in [0.5, 0.6) is 0 Å². The van der Waals surface area contributed by atoms with E-state index in [1.165, 1.54) is 0 Å². The first kappa shape index (κ1) is 24.3. The van der Waals surface area contributed by atoms with Crippen LogP contribution in [-0.4, -0.2) is 42.3 Å². The summed E-state index contributed by atoms with van der Waals surface area (Å²) in [5.74, 6) is -1.63. The number of hydrogen-bond acceptors (Lipinski definition) is 4. The molecular weight excluding hydrogens is 420 g/mol. The number of carbonyl (C=O) groups is 3. The third-order valence-corrected chi connectivity index (χ3v) is 6.26. The zero-order valence-corrected chi connectivity index (χ0v) is 19.3. The van der Waals surface area contributed by atoms with Crippen LogP contribution in [0.15, 0.2) is 48.5 Å².